The minimum absolute atomic E-state index is 0.180. The third kappa shape index (κ3) is 5.30. The van der Waals surface area contributed by atoms with Crippen LogP contribution >= 0.6 is 0 Å². The van der Waals surface area contributed by atoms with Crippen LogP contribution < -0.4 is 15.5 Å². The SMILES string of the molecule is CC(C)(CCC(C)(C)N1CCN(c2ccc(N)cn2)CC1)N1CCN(c2ccc3[nH]ncc3c2)CC1. The van der Waals surface area contributed by atoms with Crippen LogP contribution in [0.2, 0.25) is 0 Å². The number of piperazine rings is 2. The zero-order valence-corrected chi connectivity index (χ0v) is 22.4. The Bertz CT molecular complexity index is 1140. The molecule has 8 nitrogen and oxygen atoms in total. The van der Waals surface area contributed by atoms with Gasteiger partial charge in [0.2, 0.25) is 0 Å². The Balaban J connectivity index is 1.11. The standard InChI is InChI=1S/C28H42N8/c1-27(2,35-15-11-33(12-16-35)24-6-7-25-22(19-24)20-31-32-25)9-10-28(3,4)36-17-13-34(14-18-36)26-8-5-23(29)21-30-26/h5-8,19-21H,9-18,29H2,1-4H3,(H,31,32). The molecule has 36 heavy (non-hydrogen) atoms. The molecule has 3 aromatic rings. The van der Waals surface area contributed by atoms with Gasteiger partial charge in [-0.2, -0.15) is 5.10 Å². The molecule has 2 fully saturated rings. The predicted octanol–water partition coefficient (Wildman–Crippen LogP) is 3.82. The van der Waals surface area contributed by atoms with Crippen molar-refractivity contribution in [3.8, 4) is 0 Å². The Labute approximate surface area is 215 Å². The van der Waals surface area contributed by atoms with Gasteiger partial charge < -0.3 is 15.5 Å². The van der Waals surface area contributed by atoms with Crippen LogP contribution in [-0.4, -0.2) is 88.4 Å². The highest BCUT2D eigenvalue weighted by Crippen LogP contribution is 2.31. The molecule has 0 bridgehead atoms. The number of nitrogen functional groups attached to an aromatic ring is 1. The first-order valence-electron chi connectivity index (χ1n) is 13.4. The van der Waals surface area contributed by atoms with Crippen LogP contribution in [0.5, 0.6) is 0 Å². The van der Waals surface area contributed by atoms with Gasteiger partial charge in [-0.1, -0.05) is 0 Å². The van der Waals surface area contributed by atoms with Gasteiger partial charge in [0, 0.05) is 74.5 Å². The molecule has 0 aliphatic carbocycles. The lowest BCUT2D eigenvalue weighted by Gasteiger charge is -2.48. The number of anilines is 3. The quantitative estimate of drug-likeness (QED) is 0.521. The van der Waals surface area contributed by atoms with Gasteiger partial charge in [0.1, 0.15) is 5.82 Å². The summed E-state index contributed by atoms with van der Waals surface area (Å²) in [6, 6.07) is 10.6. The second-order valence-electron chi connectivity index (χ2n) is 11.7. The second kappa shape index (κ2) is 9.90. The van der Waals surface area contributed by atoms with E-state index in [9.17, 15) is 0 Å². The summed E-state index contributed by atoms with van der Waals surface area (Å²) >= 11 is 0. The van der Waals surface area contributed by atoms with Crippen LogP contribution in [-0.2, 0) is 0 Å². The zero-order valence-electron chi connectivity index (χ0n) is 22.4. The normalized spacial score (nSPS) is 18.8. The molecule has 2 aromatic heterocycles. The highest BCUT2D eigenvalue weighted by atomic mass is 15.3. The number of benzene rings is 1. The number of H-pyrrole nitrogens is 1. The highest BCUT2D eigenvalue weighted by Gasteiger charge is 2.35. The van der Waals surface area contributed by atoms with Crippen molar-refractivity contribution in [3.05, 3.63) is 42.7 Å². The molecule has 0 atom stereocenters. The van der Waals surface area contributed by atoms with Crippen molar-refractivity contribution in [2.75, 3.05) is 67.9 Å². The average Bonchev–Trinajstić information content (AvgIpc) is 3.36. The summed E-state index contributed by atoms with van der Waals surface area (Å²) in [5.41, 5.74) is 9.30. The first kappa shape index (κ1) is 24.8. The molecule has 194 valence electrons. The van der Waals surface area contributed by atoms with Crippen molar-refractivity contribution in [1.82, 2.24) is 25.0 Å². The van der Waals surface area contributed by atoms with Crippen LogP contribution in [0.1, 0.15) is 40.5 Å². The Kier molecular flexibility index (Phi) is 6.83. The summed E-state index contributed by atoms with van der Waals surface area (Å²) in [6.07, 6.45) is 6.05. The van der Waals surface area contributed by atoms with Gasteiger partial charge >= 0.3 is 0 Å². The number of aromatic nitrogens is 3. The summed E-state index contributed by atoms with van der Waals surface area (Å²) in [7, 11) is 0. The topological polar surface area (TPSA) is 80.5 Å². The zero-order chi connectivity index (χ0) is 25.3. The van der Waals surface area contributed by atoms with Crippen LogP contribution in [0.25, 0.3) is 10.9 Å². The largest absolute Gasteiger partial charge is 0.397 e. The molecule has 1 aromatic carbocycles. The van der Waals surface area contributed by atoms with E-state index in [-0.39, 0.29) is 11.1 Å². The molecule has 0 unspecified atom stereocenters. The van der Waals surface area contributed by atoms with Crippen molar-refractivity contribution in [1.29, 1.82) is 0 Å². The monoisotopic (exact) mass is 490 g/mol. The van der Waals surface area contributed by atoms with E-state index in [0.717, 1.165) is 69.4 Å². The highest BCUT2D eigenvalue weighted by molar-refractivity contribution is 5.82. The molecule has 3 N–H and O–H groups in total. The van der Waals surface area contributed by atoms with Gasteiger partial charge in [-0.15, -0.1) is 0 Å². The number of nitrogens with zero attached hydrogens (tertiary/aromatic N) is 6. The summed E-state index contributed by atoms with van der Waals surface area (Å²) in [4.78, 5) is 14.8. The number of hydrogen-bond donors (Lipinski definition) is 2. The first-order chi connectivity index (χ1) is 17.2. The van der Waals surface area contributed by atoms with Gasteiger partial charge in [0.25, 0.3) is 0 Å². The minimum Gasteiger partial charge on any atom is -0.397 e. The van der Waals surface area contributed by atoms with E-state index in [1.807, 2.05) is 18.3 Å². The predicted molar refractivity (Wildman–Crippen MR) is 150 cm³/mol. The number of rotatable bonds is 7. The number of aromatic amines is 1. The first-order valence-corrected chi connectivity index (χ1v) is 13.4. The maximum atomic E-state index is 5.81. The maximum Gasteiger partial charge on any atom is 0.128 e. The molecule has 0 spiro atoms. The van der Waals surface area contributed by atoms with E-state index in [0.29, 0.717) is 0 Å². The fraction of sp³-hybridized carbons (Fsp3) is 0.571. The maximum absolute atomic E-state index is 5.81. The van der Waals surface area contributed by atoms with Gasteiger partial charge in [0.05, 0.1) is 23.6 Å². The van der Waals surface area contributed by atoms with Gasteiger partial charge in [-0.05, 0) is 70.9 Å². The van der Waals surface area contributed by atoms with Crippen LogP contribution in [0.15, 0.2) is 42.7 Å². The Hall–Kier alpha value is -2.84. The minimum atomic E-state index is 0.180. The Morgan fingerprint density at radius 3 is 1.97 bits per heavy atom. The fourth-order valence-electron chi connectivity index (χ4n) is 5.75. The van der Waals surface area contributed by atoms with E-state index in [1.54, 1.807) is 6.20 Å². The van der Waals surface area contributed by atoms with E-state index >= 15 is 0 Å². The van der Waals surface area contributed by atoms with Crippen molar-refractivity contribution < 1.29 is 0 Å². The second-order valence-corrected chi connectivity index (χ2v) is 11.7. The van der Waals surface area contributed by atoms with Crippen molar-refractivity contribution in [3.63, 3.8) is 0 Å². The Morgan fingerprint density at radius 2 is 1.39 bits per heavy atom. The van der Waals surface area contributed by atoms with Crippen LogP contribution in [0.3, 0.4) is 0 Å². The molecular formula is C28H42N8. The summed E-state index contributed by atoms with van der Waals surface area (Å²) < 4.78 is 0. The third-order valence-electron chi connectivity index (χ3n) is 8.50. The molecule has 0 saturated carbocycles. The Morgan fingerprint density at radius 1 is 0.778 bits per heavy atom. The van der Waals surface area contributed by atoms with Crippen LogP contribution in [0.4, 0.5) is 17.2 Å². The molecular weight excluding hydrogens is 448 g/mol. The van der Waals surface area contributed by atoms with Crippen molar-refractivity contribution in [2.45, 2.75) is 51.6 Å². The van der Waals surface area contributed by atoms with Gasteiger partial charge in [0.15, 0.2) is 0 Å². The number of fused-ring (bicyclic) bond motifs is 1. The number of nitrogens with one attached hydrogen (secondary N) is 1. The summed E-state index contributed by atoms with van der Waals surface area (Å²) in [5.74, 6) is 1.03. The molecule has 4 heterocycles. The van der Waals surface area contributed by atoms with Gasteiger partial charge in [-0.25, -0.2) is 4.98 Å². The number of hydrogen-bond acceptors (Lipinski definition) is 7. The smallest absolute Gasteiger partial charge is 0.128 e. The molecule has 0 radical (unpaired) electrons. The van der Waals surface area contributed by atoms with E-state index in [4.69, 9.17) is 5.73 Å². The number of pyridine rings is 1. The van der Waals surface area contributed by atoms with Gasteiger partial charge in [-0.3, -0.25) is 14.9 Å². The van der Waals surface area contributed by atoms with E-state index < -0.39 is 0 Å². The molecule has 2 aliphatic heterocycles. The van der Waals surface area contributed by atoms with Crippen molar-refractivity contribution in [2.24, 2.45) is 0 Å². The van der Waals surface area contributed by atoms with E-state index in [2.05, 4.69) is 80.7 Å². The van der Waals surface area contributed by atoms with Crippen molar-refractivity contribution >= 4 is 28.1 Å². The molecule has 5 rings (SSSR count). The molecule has 8 heteroatoms. The fourth-order valence-corrected chi connectivity index (χ4v) is 5.75. The molecule has 2 aliphatic rings. The lowest BCUT2D eigenvalue weighted by atomic mass is 9.86. The summed E-state index contributed by atoms with van der Waals surface area (Å²) in [5, 5.41) is 8.39. The summed E-state index contributed by atoms with van der Waals surface area (Å²) in [6.45, 7) is 18.2. The molecule has 2 saturated heterocycles. The lowest BCUT2D eigenvalue weighted by Crippen LogP contribution is -2.57. The lowest BCUT2D eigenvalue weighted by molar-refractivity contribution is 0.0584. The molecule has 0 amide bonds. The number of nitrogens with two attached hydrogens (primary N) is 1. The van der Waals surface area contributed by atoms with E-state index in [1.165, 1.54) is 23.9 Å². The third-order valence-corrected chi connectivity index (χ3v) is 8.50. The average molecular weight is 491 g/mol. The van der Waals surface area contributed by atoms with Crippen LogP contribution in [0, 0.1) is 0 Å².